The van der Waals surface area contributed by atoms with E-state index in [4.69, 9.17) is 4.74 Å². The molecule has 2 unspecified atom stereocenters. The number of anilines is 2. The molecule has 0 spiro atoms. The summed E-state index contributed by atoms with van der Waals surface area (Å²) in [6, 6.07) is 2.82. The molecule has 1 aliphatic rings. The first-order valence-corrected chi connectivity index (χ1v) is 12.1. The summed E-state index contributed by atoms with van der Waals surface area (Å²) < 4.78 is 8.53. The topological polar surface area (TPSA) is 126 Å². The molecule has 4 heterocycles. The van der Waals surface area contributed by atoms with Crippen molar-refractivity contribution in [2.45, 2.75) is 37.9 Å². The Hall–Kier alpha value is -3.58. The molecule has 13 heteroatoms. The Bertz CT molecular complexity index is 1500. The van der Waals surface area contributed by atoms with Gasteiger partial charge in [0.05, 0.1) is 39.9 Å². The van der Waals surface area contributed by atoms with Crippen molar-refractivity contribution >= 4 is 41.1 Å². The van der Waals surface area contributed by atoms with Crippen LogP contribution in [0.15, 0.2) is 34.1 Å². The van der Waals surface area contributed by atoms with E-state index in [1.54, 1.807) is 51.9 Å². The second-order valence-corrected chi connectivity index (χ2v) is 10.6. The lowest BCUT2D eigenvalue weighted by atomic mass is 10.1. The van der Waals surface area contributed by atoms with Crippen LogP contribution >= 0.6 is 12.6 Å². The number of ether oxygens (including phenoxy) is 1. The van der Waals surface area contributed by atoms with E-state index < -0.39 is 34.4 Å². The van der Waals surface area contributed by atoms with Crippen molar-refractivity contribution in [1.29, 1.82) is 0 Å². The number of rotatable bonds is 6. The molecule has 198 valence electrons. The highest BCUT2D eigenvalue weighted by atomic mass is 32.1. The highest BCUT2D eigenvalue weighted by molar-refractivity contribution is 7.80. The predicted molar refractivity (Wildman–Crippen MR) is 144 cm³/mol. The molecule has 3 aromatic rings. The Morgan fingerprint density at radius 2 is 1.84 bits per heavy atom. The average Bonchev–Trinajstić information content (AvgIpc) is 2.84. The number of urea groups is 1. The minimum Gasteiger partial charge on any atom is -0.489 e. The number of carbonyl (C=O) groups is 1. The third-order valence-electron chi connectivity index (χ3n) is 6.45. The van der Waals surface area contributed by atoms with Crippen LogP contribution in [0.4, 0.5) is 16.3 Å². The first kappa shape index (κ1) is 26.5. The Labute approximate surface area is 219 Å². The van der Waals surface area contributed by atoms with E-state index in [9.17, 15) is 19.5 Å². The molecule has 0 aromatic carbocycles. The number of fused-ring (bicyclic) bond motifs is 2. The van der Waals surface area contributed by atoms with Crippen LogP contribution in [0.2, 0.25) is 0 Å². The van der Waals surface area contributed by atoms with Gasteiger partial charge in [0.25, 0.3) is 5.56 Å². The zero-order valence-electron chi connectivity index (χ0n) is 21.8. The zero-order chi connectivity index (χ0) is 27.4. The summed E-state index contributed by atoms with van der Waals surface area (Å²) >= 11 is 4.28. The van der Waals surface area contributed by atoms with Crippen molar-refractivity contribution in [3.8, 4) is 5.75 Å². The fourth-order valence-corrected chi connectivity index (χ4v) is 4.53. The summed E-state index contributed by atoms with van der Waals surface area (Å²) in [6.45, 7) is 5.10. The summed E-state index contributed by atoms with van der Waals surface area (Å²) in [5.41, 5.74) is -0.876. The highest BCUT2D eigenvalue weighted by Gasteiger charge is 2.38. The maximum atomic E-state index is 13.5. The Morgan fingerprint density at radius 3 is 2.46 bits per heavy atom. The quantitative estimate of drug-likeness (QED) is 0.461. The molecule has 37 heavy (non-hydrogen) atoms. The van der Waals surface area contributed by atoms with Crippen LogP contribution in [0, 0.1) is 0 Å². The van der Waals surface area contributed by atoms with Gasteiger partial charge in [0, 0.05) is 34.3 Å². The molecule has 3 aromatic heterocycles. The molecular formula is C24H31N7O5S. The standard InChI is InChI=1S/C24H31N7O5S/c1-13(37)30-21(33)19-16(28(6)22(30)34)8-14(10-26-19)36-12-24(2,3)31-20(32)15-9-18(27(4)5)25-11-17(15)29(7)23(31)35/h8-11,13,21,33,37H,12H2,1-7H3. The van der Waals surface area contributed by atoms with Gasteiger partial charge in [-0.1, -0.05) is 0 Å². The van der Waals surface area contributed by atoms with Crippen molar-refractivity contribution in [3.63, 3.8) is 0 Å². The van der Waals surface area contributed by atoms with E-state index in [0.29, 0.717) is 33.9 Å². The van der Waals surface area contributed by atoms with Crippen molar-refractivity contribution < 1.29 is 14.6 Å². The Balaban J connectivity index is 1.68. The molecule has 1 N–H and O–H groups in total. The molecule has 2 atom stereocenters. The molecule has 0 saturated carbocycles. The van der Waals surface area contributed by atoms with Crippen LogP contribution in [-0.4, -0.2) is 68.3 Å². The van der Waals surface area contributed by atoms with Crippen LogP contribution in [0.5, 0.6) is 5.75 Å². The SMILES string of the molecule is CC(S)N1C(=O)N(C)c2cc(OCC(C)(C)n3c(=O)c4cc(N(C)C)ncc4n(C)c3=O)cnc2C1O. The highest BCUT2D eigenvalue weighted by Crippen LogP contribution is 2.36. The molecule has 12 nitrogen and oxygen atoms in total. The third-order valence-corrected chi connectivity index (χ3v) is 6.70. The second kappa shape index (κ2) is 9.38. The third kappa shape index (κ3) is 4.42. The number of aliphatic hydroxyl groups is 1. The number of aryl methyl sites for hydroxylation is 1. The first-order valence-electron chi connectivity index (χ1n) is 11.6. The van der Waals surface area contributed by atoms with Crippen LogP contribution in [0.25, 0.3) is 10.9 Å². The number of aliphatic hydroxyl groups excluding tert-OH is 1. The van der Waals surface area contributed by atoms with Gasteiger partial charge in [-0.15, -0.1) is 0 Å². The predicted octanol–water partition coefficient (Wildman–Crippen LogP) is 1.51. The van der Waals surface area contributed by atoms with Crippen molar-refractivity contribution in [2.24, 2.45) is 7.05 Å². The molecule has 0 radical (unpaired) electrons. The largest absolute Gasteiger partial charge is 0.489 e. The summed E-state index contributed by atoms with van der Waals surface area (Å²) in [7, 11) is 6.80. The molecule has 0 bridgehead atoms. The van der Waals surface area contributed by atoms with Gasteiger partial charge >= 0.3 is 11.7 Å². The van der Waals surface area contributed by atoms with Crippen LogP contribution in [0.1, 0.15) is 32.7 Å². The lowest BCUT2D eigenvalue weighted by Crippen LogP contribution is -2.51. The van der Waals surface area contributed by atoms with Crippen molar-refractivity contribution in [2.75, 3.05) is 37.5 Å². The number of thiol groups is 1. The Kier molecular flexibility index (Phi) is 6.71. The average molecular weight is 530 g/mol. The van der Waals surface area contributed by atoms with Crippen molar-refractivity contribution in [1.82, 2.24) is 24.0 Å². The molecule has 0 aliphatic carbocycles. The van der Waals surface area contributed by atoms with Crippen LogP contribution in [0.3, 0.4) is 0 Å². The monoisotopic (exact) mass is 529 g/mol. The van der Waals surface area contributed by atoms with Gasteiger partial charge in [0.2, 0.25) is 0 Å². The van der Waals surface area contributed by atoms with Crippen LogP contribution < -0.4 is 25.8 Å². The lowest BCUT2D eigenvalue weighted by molar-refractivity contribution is 0.0213. The van der Waals surface area contributed by atoms with E-state index in [1.165, 1.54) is 31.3 Å². The normalized spacial score (nSPS) is 16.7. The number of pyridine rings is 2. The molecule has 0 saturated heterocycles. The molecule has 1 aliphatic heterocycles. The number of aromatic nitrogens is 4. The minimum absolute atomic E-state index is 0.0419. The summed E-state index contributed by atoms with van der Waals surface area (Å²) in [4.78, 5) is 52.4. The minimum atomic E-state index is -1.25. The van der Waals surface area contributed by atoms with Gasteiger partial charge in [-0.3, -0.25) is 28.7 Å². The number of hydrogen-bond donors (Lipinski definition) is 2. The molecule has 4 rings (SSSR count). The number of amides is 2. The zero-order valence-corrected chi connectivity index (χ0v) is 22.7. The molecular weight excluding hydrogens is 498 g/mol. The maximum Gasteiger partial charge on any atom is 0.331 e. The summed E-state index contributed by atoms with van der Waals surface area (Å²) in [6.07, 6.45) is 1.69. The fourth-order valence-electron chi connectivity index (χ4n) is 4.31. The second-order valence-electron chi connectivity index (χ2n) is 9.87. The van der Waals surface area contributed by atoms with E-state index >= 15 is 0 Å². The van der Waals surface area contributed by atoms with Crippen molar-refractivity contribution in [3.05, 3.63) is 51.1 Å². The first-order chi connectivity index (χ1) is 17.3. The maximum absolute atomic E-state index is 13.5. The number of carbonyl (C=O) groups excluding carboxylic acids is 1. The summed E-state index contributed by atoms with van der Waals surface area (Å²) in [5, 5.41) is 10.5. The van der Waals surface area contributed by atoms with Gasteiger partial charge in [-0.25, -0.2) is 14.6 Å². The lowest BCUT2D eigenvalue weighted by Gasteiger charge is -2.39. The number of nitrogens with zero attached hydrogens (tertiary/aromatic N) is 7. The van der Waals surface area contributed by atoms with Gasteiger partial charge in [0.15, 0.2) is 6.23 Å². The number of hydrogen-bond acceptors (Lipinski definition) is 9. The summed E-state index contributed by atoms with van der Waals surface area (Å²) in [5.74, 6) is 0.909. The van der Waals surface area contributed by atoms with E-state index in [0.717, 1.165) is 0 Å². The molecule has 2 amide bonds. The fraction of sp³-hybridized carbons (Fsp3) is 0.458. The van der Waals surface area contributed by atoms with Gasteiger partial charge in [-0.2, -0.15) is 12.6 Å². The van der Waals surface area contributed by atoms with Crippen LogP contribution in [-0.2, 0) is 12.6 Å². The van der Waals surface area contributed by atoms with E-state index in [1.807, 2.05) is 14.1 Å². The smallest absolute Gasteiger partial charge is 0.331 e. The van der Waals surface area contributed by atoms with Gasteiger partial charge in [-0.05, 0) is 26.8 Å². The van der Waals surface area contributed by atoms with E-state index in [-0.39, 0.29) is 6.61 Å². The van der Waals surface area contributed by atoms with Gasteiger partial charge in [0.1, 0.15) is 23.9 Å². The molecule has 0 fully saturated rings. The van der Waals surface area contributed by atoms with E-state index in [2.05, 4.69) is 22.6 Å². The Morgan fingerprint density at radius 1 is 1.16 bits per heavy atom. The van der Waals surface area contributed by atoms with Gasteiger partial charge < -0.3 is 14.7 Å².